The average Bonchev–Trinajstić information content (AvgIpc) is 3.68. The molecule has 0 aliphatic carbocycles. The van der Waals surface area contributed by atoms with Gasteiger partial charge in [-0.15, -0.1) is 11.3 Å². The Bertz CT molecular complexity index is 1150. The van der Waals surface area contributed by atoms with E-state index in [2.05, 4.69) is 30.0 Å². The number of Topliss-reactive ketones (excluding diaryl/α,β-unsaturated/α-hetero) is 1. The van der Waals surface area contributed by atoms with Crippen LogP contribution in [0.4, 0.5) is 0 Å². The standard InChI is InChI=1S/C32H45N5O3S/c1-24-30(25-11-4-2-5-12-25)40-32(34-24)36-20-21-37(28(23-36)29(38)16-15-26-13-10-22-41-26)31(39)27(33)14-6-9-19-35-17-7-3-8-18-35/h2,4-5,10-13,22,24,27-28,30H,3,6-9,14-21,23,33H2,1H3/t24-,27+,28-,30+/m0/s1. The molecular formula is C32H45N5O3S. The van der Waals surface area contributed by atoms with Gasteiger partial charge in [0.1, 0.15) is 12.1 Å². The number of piperidine rings is 1. The second kappa shape index (κ2) is 14.4. The maximum atomic E-state index is 13.6. The van der Waals surface area contributed by atoms with E-state index in [9.17, 15) is 9.59 Å². The lowest BCUT2D eigenvalue weighted by Gasteiger charge is -2.42. The molecule has 0 saturated carbocycles. The fraction of sp³-hybridized carbons (Fsp3) is 0.594. The SMILES string of the molecule is C[C@@H]1N=C(N2CCN(C(=O)[C@H](N)CCCCN3CCCCC3)[C@H](C(=O)CCc3cccs3)C2)O[C@H]1c1ccccc1. The fourth-order valence-corrected chi connectivity index (χ4v) is 6.92. The van der Waals surface area contributed by atoms with E-state index < -0.39 is 12.1 Å². The third kappa shape index (κ3) is 7.76. The normalized spacial score (nSPS) is 24.1. The summed E-state index contributed by atoms with van der Waals surface area (Å²) in [5.41, 5.74) is 7.55. The molecule has 5 rings (SSSR count). The number of ether oxygens (including phenoxy) is 1. The number of aryl methyl sites for hydroxylation is 1. The Morgan fingerprint density at radius 1 is 1.05 bits per heavy atom. The Hall–Kier alpha value is -2.75. The number of amidine groups is 1. The van der Waals surface area contributed by atoms with Crippen LogP contribution in [0.1, 0.15) is 68.4 Å². The number of amides is 1. The molecule has 1 aromatic heterocycles. The first-order valence-electron chi connectivity index (χ1n) is 15.4. The minimum atomic E-state index is -0.585. The molecule has 2 fully saturated rings. The summed E-state index contributed by atoms with van der Waals surface area (Å²) in [7, 11) is 0. The number of nitrogens with zero attached hydrogens (tertiary/aromatic N) is 4. The maximum absolute atomic E-state index is 13.6. The van der Waals surface area contributed by atoms with Crippen molar-refractivity contribution in [1.29, 1.82) is 0 Å². The summed E-state index contributed by atoms with van der Waals surface area (Å²) >= 11 is 1.66. The number of carbonyl (C=O) groups excluding carboxylic acids is 2. The number of nitrogens with two attached hydrogens (primary N) is 1. The zero-order valence-corrected chi connectivity index (χ0v) is 25.1. The predicted octanol–water partition coefficient (Wildman–Crippen LogP) is 4.26. The summed E-state index contributed by atoms with van der Waals surface area (Å²) in [6.07, 6.45) is 7.45. The van der Waals surface area contributed by atoms with E-state index in [0.717, 1.165) is 24.9 Å². The van der Waals surface area contributed by atoms with Gasteiger partial charge in [-0.1, -0.05) is 49.2 Å². The Kier molecular flexibility index (Phi) is 10.5. The molecule has 222 valence electrons. The van der Waals surface area contributed by atoms with Crippen LogP contribution in [-0.2, 0) is 20.7 Å². The number of aliphatic imine (C=N–C) groups is 1. The fourth-order valence-electron chi connectivity index (χ4n) is 6.21. The Balaban J connectivity index is 1.20. The number of carbonyl (C=O) groups is 2. The van der Waals surface area contributed by atoms with Crippen LogP contribution < -0.4 is 5.73 Å². The number of benzene rings is 1. The zero-order chi connectivity index (χ0) is 28.6. The van der Waals surface area contributed by atoms with Crippen molar-refractivity contribution in [2.45, 2.75) is 82.5 Å². The molecule has 1 amide bonds. The topological polar surface area (TPSA) is 91.5 Å². The van der Waals surface area contributed by atoms with E-state index in [-0.39, 0.29) is 23.8 Å². The van der Waals surface area contributed by atoms with Crippen LogP contribution in [-0.4, -0.2) is 89.8 Å². The van der Waals surface area contributed by atoms with Gasteiger partial charge in [-0.25, -0.2) is 4.99 Å². The van der Waals surface area contributed by atoms with Gasteiger partial charge in [-0.2, -0.15) is 0 Å². The number of hydrogen-bond acceptors (Lipinski definition) is 8. The van der Waals surface area contributed by atoms with Gasteiger partial charge in [0.15, 0.2) is 5.78 Å². The third-order valence-corrected chi connectivity index (χ3v) is 9.56. The van der Waals surface area contributed by atoms with Crippen molar-refractivity contribution < 1.29 is 14.3 Å². The quantitative estimate of drug-likeness (QED) is 0.400. The number of rotatable bonds is 11. The van der Waals surface area contributed by atoms with Gasteiger partial charge >= 0.3 is 0 Å². The van der Waals surface area contributed by atoms with Crippen molar-refractivity contribution in [1.82, 2.24) is 14.7 Å². The number of ketones is 1. The van der Waals surface area contributed by atoms with Crippen molar-refractivity contribution in [2.24, 2.45) is 10.7 Å². The molecule has 8 nitrogen and oxygen atoms in total. The third-order valence-electron chi connectivity index (χ3n) is 8.62. The van der Waals surface area contributed by atoms with E-state index in [1.807, 2.05) is 34.5 Å². The van der Waals surface area contributed by atoms with Crippen LogP contribution in [0.25, 0.3) is 0 Å². The van der Waals surface area contributed by atoms with E-state index in [0.29, 0.717) is 44.9 Å². The highest BCUT2D eigenvalue weighted by atomic mass is 32.1. The first-order chi connectivity index (χ1) is 20.0. The lowest BCUT2D eigenvalue weighted by Crippen LogP contribution is -2.62. The minimum Gasteiger partial charge on any atom is -0.455 e. The Labute approximate surface area is 248 Å². The van der Waals surface area contributed by atoms with Gasteiger partial charge in [0.25, 0.3) is 6.02 Å². The van der Waals surface area contributed by atoms with Gasteiger partial charge in [0, 0.05) is 30.9 Å². The largest absolute Gasteiger partial charge is 0.455 e. The van der Waals surface area contributed by atoms with Crippen molar-refractivity contribution in [3.8, 4) is 0 Å². The lowest BCUT2D eigenvalue weighted by atomic mass is 10.0. The number of thiophene rings is 1. The molecule has 41 heavy (non-hydrogen) atoms. The number of likely N-dealkylation sites (tertiary alicyclic amines) is 1. The van der Waals surface area contributed by atoms with Crippen LogP contribution in [0.2, 0.25) is 0 Å². The highest BCUT2D eigenvalue weighted by Crippen LogP contribution is 2.31. The zero-order valence-electron chi connectivity index (χ0n) is 24.3. The van der Waals surface area contributed by atoms with E-state index >= 15 is 0 Å². The molecule has 0 spiro atoms. The second-order valence-corrected chi connectivity index (χ2v) is 12.7. The smallest absolute Gasteiger partial charge is 0.288 e. The molecule has 2 N–H and O–H groups in total. The van der Waals surface area contributed by atoms with E-state index in [1.54, 1.807) is 16.2 Å². The summed E-state index contributed by atoms with van der Waals surface area (Å²) in [6.45, 7) is 6.88. The molecule has 4 heterocycles. The van der Waals surface area contributed by atoms with Crippen LogP contribution in [0.15, 0.2) is 52.8 Å². The lowest BCUT2D eigenvalue weighted by molar-refractivity contribution is -0.143. The van der Waals surface area contributed by atoms with Crippen LogP contribution >= 0.6 is 11.3 Å². The number of unbranched alkanes of at least 4 members (excludes halogenated alkanes) is 1. The summed E-state index contributed by atoms with van der Waals surface area (Å²) in [6, 6.07) is 13.6. The van der Waals surface area contributed by atoms with Crippen molar-refractivity contribution in [3.05, 3.63) is 58.3 Å². The number of piperazine rings is 1. The van der Waals surface area contributed by atoms with Gasteiger partial charge in [-0.3, -0.25) is 9.59 Å². The molecule has 2 saturated heterocycles. The molecule has 0 unspecified atom stereocenters. The molecular weight excluding hydrogens is 534 g/mol. The molecule has 2 aromatic rings. The Morgan fingerprint density at radius 2 is 1.85 bits per heavy atom. The Morgan fingerprint density at radius 3 is 2.61 bits per heavy atom. The maximum Gasteiger partial charge on any atom is 0.288 e. The van der Waals surface area contributed by atoms with E-state index in [1.165, 1.54) is 37.2 Å². The number of hydrogen-bond donors (Lipinski definition) is 1. The highest BCUT2D eigenvalue weighted by molar-refractivity contribution is 7.09. The van der Waals surface area contributed by atoms with Crippen LogP contribution in [0.5, 0.6) is 0 Å². The van der Waals surface area contributed by atoms with Crippen molar-refractivity contribution >= 4 is 29.0 Å². The highest BCUT2D eigenvalue weighted by Gasteiger charge is 2.40. The summed E-state index contributed by atoms with van der Waals surface area (Å²) < 4.78 is 6.34. The molecule has 1 aromatic carbocycles. The molecule has 9 heteroatoms. The van der Waals surface area contributed by atoms with E-state index in [4.69, 9.17) is 15.5 Å². The van der Waals surface area contributed by atoms with Crippen LogP contribution in [0, 0.1) is 0 Å². The first kappa shape index (κ1) is 29.7. The minimum absolute atomic E-state index is 0.0293. The van der Waals surface area contributed by atoms with Crippen molar-refractivity contribution in [2.75, 3.05) is 39.3 Å². The predicted molar refractivity (Wildman–Crippen MR) is 164 cm³/mol. The van der Waals surface area contributed by atoms with Gasteiger partial charge in [-0.05, 0) is 75.7 Å². The first-order valence-corrected chi connectivity index (χ1v) is 16.3. The van der Waals surface area contributed by atoms with Gasteiger partial charge < -0.3 is 25.2 Å². The van der Waals surface area contributed by atoms with Gasteiger partial charge in [0.05, 0.1) is 12.1 Å². The average molecular weight is 580 g/mol. The van der Waals surface area contributed by atoms with Crippen molar-refractivity contribution in [3.63, 3.8) is 0 Å². The second-order valence-electron chi connectivity index (χ2n) is 11.6. The monoisotopic (exact) mass is 579 g/mol. The summed E-state index contributed by atoms with van der Waals surface area (Å²) in [5.74, 6) is -0.0399. The van der Waals surface area contributed by atoms with Crippen LogP contribution in [0.3, 0.4) is 0 Å². The molecule has 4 atom stereocenters. The molecule has 3 aliphatic heterocycles. The molecule has 0 radical (unpaired) electrons. The summed E-state index contributed by atoms with van der Waals surface area (Å²) in [5, 5.41) is 2.03. The molecule has 3 aliphatic rings. The molecule has 0 bridgehead atoms. The summed E-state index contributed by atoms with van der Waals surface area (Å²) in [4.78, 5) is 39.6. The van der Waals surface area contributed by atoms with Gasteiger partial charge in [0.2, 0.25) is 5.91 Å².